The number of unbranched alkanes of at least 4 members (excludes halogenated alkanes) is 10. The molecule has 0 fully saturated rings. The second kappa shape index (κ2) is 14.9. The molecule has 0 nitrogen and oxygen atoms in total. The van der Waals surface area contributed by atoms with Gasteiger partial charge in [0.1, 0.15) is 0 Å². The van der Waals surface area contributed by atoms with Gasteiger partial charge in [0, 0.05) is 9.79 Å². The number of fused-ring (bicyclic) bond motifs is 3. The van der Waals surface area contributed by atoms with E-state index in [1.54, 1.807) is 0 Å². The first-order chi connectivity index (χ1) is 17.8. The summed E-state index contributed by atoms with van der Waals surface area (Å²) < 4.78 is 0. The van der Waals surface area contributed by atoms with Crippen molar-refractivity contribution in [3.8, 4) is 0 Å². The van der Waals surface area contributed by atoms with Gasteiger partial charge >= 0.3 is 0 Å². The monoisotopic (exact) mass is 516 g/mol. The summed E-state index contributed by atoms with van der Waals surface area (Å²) in [6.07, 6.45) is 16.3. The van der Waals surface area contributed by atoms with Crippen LogP contribution in [-0.4, -0.2) is 11.5 Å². The van der Waals surface area contributed by atoms with Gasteiger partial charge in [0.25, 0.3) is 0 Å². The molecular weight excluding hydrogens is 473 g/mol. The largest absolute Gasteiger partial charge is 0.125 e. The van der Waals surface area contributed by atoms with Crippen LogP contribution in [0.5, 0.6) is 0 Å². The molecule has 0 bridgehead atoms. The zero-order valence-electron chi connectivity index (χ0n) is 22.5. The van der Waals surface area contributed by atoms with Crippen LogP contribution in [0.15, 0.2) is 70.5 Å². The van der Waals surface area contributed by atoms with Gasteiger partial charge < -0.3 is 0 Å². The average molecular weight is 517 g/mol. The second-order valence-corrected chi connectivity index (χ2v) is 12.4. The number of rotatable bonds is 16. The Bertz CT molecular complexity index is 1130. The molecule has 0 radical (unpaired) electrons. The van der Waals surface area contributed by atoms with Crippen LogP contribution in [0.25, 0.3) is 32.3 Å². The quantitative estimate of drug-likeness (QED) is 0.0825. The smallest absolute Gasteiger partial charge is 0.0230 e. The van der Waals surface area contributed by atoms with Gasteiger partial charge in [0.05, 0.1) is 0 Å². The van der Waals surface area contributed by atoms with Crippen molar-refractivity contribution < 1.29 is 0 Å². The molecular formula is C34H44S2. The number of hydrogen-bond acceptors (Lipinski definition) is 2. The predicted molar refractivity (Wildman–Crippen MR) is 167 cm³/mol. The lowest BCUT2D eigenvalue weighted by molar-refractivity contribution is 0.627. The Balaban J connectivity index is 1.62. The molecule has 0 atom stereocenters. The highest BCUT2D eigenvalue weighted by Gasteiger charge is 2.15. The molecule has 0 N–H and O–H groups in total. The third kappa shape index (κ3) is 7.23. The molecule has 2 heteroatoms. The molecule has 0 amide bonds. The SMILES string of the molecule is CCCCCCCCSc1c2ccccc2c(SCCCCCCCC)c2cc3ccccc3cc12. The Morgan fingerprint density at radius 1 is 0.444 bits per heavy atom. The second-order valence-electron chi connectivity index (χ2n) is 10.2. The Hall–Kier alpha value is -1.64. The van der Waals surface area contributed by atoms with Crippen molar-refractivity contribution in [2.24, 2.45) is 0 Å². The molecule has 36 heavy (non-hydrogen) atoms. The van der Waals surface area contributed by atoms with Crippen LogP contribution < -0.4 is 0 Å². The van der Waals surface area contributed by atoms with Crippen LogP contribution in [0.4, 0.5) is 0 Å². The Morgan fingerprint density at radius 2 is 0.833 bits per heavy atom. The standard InChI is InChI=1S/C34H44S2/c1-3-5-7-9-11-17-23-35-33-29-21-15-16-22-30(29)34(36-24-18-12-10-8-6-4-2)32-26-28-20-14-13-19-27(28)25-31(32)33/h13-16,19-22,25-26H,3-12,17-18,23-24H2,1-2H3. The van der Waals surface area contributed by atoms with Crippen molar-refractivity contribution in [3.63, 3.8) is 0 Å². The van der Waals surface area contributed by atoms with Crippen LogP contribution in [0.2, 0.25) is 0 Å². The first kappa shape index (κ1) is 27.4. The van der Waals surface area contributed by atoms with Gasteiger partial charge in [0.2, 0.25) is 0 Å². The number of thioether (sulfide) groups is 2. The fraction of sp³-hybridized carbons (Fsp3) is 0.471. The van der Waals surface area contributed by atoms with Crippen molar-refractivity contribution in [2.45, 2.75) is 101 Å². The normalized spacial score (nSPS) is 11.7. The molecule has 0 spiro atoms. The summed E-state index contributed by atoms with van der Waals surface area (Å²) in [5.41, 5.74) is 0. The maximum atomic E-state index is 2.47. The van der Waals surface area contributed by atoms with E-state index in [0.717, 1.165) is 0 Å². The van der Waals surface area contributed by atoms with E-state index in [-0.39, 0.29) is 0 Å². The molecule has 4 rings (SSSR count). The summed E-state index contributed by atoms with van der Waals surface area (Å²) in [5.74, 6) is 2.42. The van der Waals surface area contributed by atoms with E-state index in [0.29, 0.717) is 0 Å². The van der Waals surface area contributed by atoms with Crippen LogP contribution in [0.3, 0.4) is 0 Å². The summed E-state index contributed by atoms with van der Waals surface area (Å²) in [5, 5.41) is 8.51. The zero-order valence-corrected chi connectivity index (χ0v) is 24.1. The maximum Gasteiger partial charge on any atom is 0.0230 e. The summed E-state index contributed by atoms with van der Waals surface area (Å²) >= 11 is 4.18. The van der Waals surface area contributed by atoms with Crippen molar-refractivity contribution >= 4 is 55.8 Å². The van der Waals surface area contributed by atoms with Gasteiger partial charge in [-0.05, 0) is 68.8 Å². The average Bonchev–Trinajstić information content (AvgIpc) is 2.91. The van der Waals surface area contributed by atoms with E-state index in [1.165, 1.54) is 131 Å². The first-order valence-electron chi connectivity index (χ1n) is 14.5. The minimum atomic E-state index is 1.21. The van der Waals surface area contributed by atoms with Crippen LogP contribution in [0, 0.1) is 0 Å². The molecule has 4 aromatic carbocycles. The van der Waals surface area contributed by atoms with Gasteiger partial charge in [-0.2, -0.15) is 0 Å². The highest BCUT2D eigenvalue weighted by Crippen LogP contribution is 2.44. The molecule has 0 saturated carbocycles. The number of hydrogen-bond donors (Lipinski definition) is 0. The summed E-state index contributed by atoms with van der Waals surface area (Å²) in [4.78, 5) is 2.98. The minimum Gasteiger partial charge on any atom is -0.125 e. The van der Waals surface area contributed by atoms with Gasteiger partial charge in [0.15, 0.2) is 0 Å². The van der Waals surface area contributed by atoms with E-state index in [4.69, 9.17) is 0 Å². The Labute approximate surface area is 228 Å². The molecule has 0 heterocycles. The third-order valence-electron chi connectivity index (χ3n) is 7.28. The summed E-state index contributed by atoms with van der Waals surface area (Å²) in [6, 6.07) is 23.0. The fourth-order valence-corrected chi connectivity index (χ4v) is 7.63. The lowest BCUT2D eigenvalue weighted by Gasteiger charge is -2.17. The van der Waals surface area contributed by atoms with Crippen LogP contribution in [-0.2, 0) is 0 Å². The maximum absolute atomic E-state index is 2.47. The lowest BCUT2D eigenvalue weighted by Crippen LogP contribution is -1.91. The summed E-state index contributed by atoms with van der Waals surface area (Å²) in [6.45, 7) is 4.59. The van der Waals surface area contributed by atoms with Crippen molar-refractivity contribution in [1.29, 1.82) is 0 Å². The Morgan fingerprint density at radius 3 is 1.28 bits per heavy atom. The summed E-state index contributed by atoms with van der Waals surface area (Å²) in [7, 11) is 0. The highest BCUT2D eigenvalue weighted by atomic mass is 32.2. The topological polar surface area (TPSA) is 0 Å². The lowest BCUT2D eigenvalue weighted by atomic mass is 9.99. The van der Waals surface area contributed by atoms with Crippen LogP contribution in [0.1, 0.15) is 90.9 Å². The van der Waals surface area contributed by atoms with E-state index in [9.17, 15) is 0 Å². The van der Waals surface area contributed by atoms with E-state index >= 15 is 0 Å². The van der Waals surface area contributed by atoms with E-state index in [1.807, 2.05) is 0 Å². The van der Waals surface area contributed by atoms with Gasteiger partial charge in [-0.1, -0.05) is 127 Å². The van der Waals surface area contributed by atoms with Crippen LogP contribution >= 0.6 is 23.5 Å². The first-order valence-corrected chi connectivity index (χ1v) is 16.4. The number of benzene rings is 4. The molecule has 0 aliphatic carbocycles. The molecule has 192 valence electrons. The minimum absolute atomic E-state index is 1.21. The van der Waals surface area contributed by atoms with Crippen molar-refractivity contribution in [1.82, 2.24) is 0 Å². The molecule has 0 unspecified atom stereocenters. The van der Waals surface area contributed by atoms with E-state index < -0.39 is 0 Å². The van der Waals surface area contributed by atoms with Gasteiger partial charge in [-0.3, -0.25) is 0 Å². The molecule has 0 aromatic heterocycles. The Kier molecular flexibility index (Phi) is 11.4. The molecule has 0 saturated heterocycles. The highest BCUT2D eigenvalue weighted by molar-refractivity contribution is 8.00. The predicted octanol–water partition coefficient (Wildman–Crippen LogP) is 12.1. The third-order valence-corrected chi connectivity index (χ3v) is 9.72. The molecule has 0 aliphatic rings. The van der Waals surface area contributed by atoms with Crippen molar-refractivity contribution in [3.05, 3.63) is 60.7 Å². The van der Waals surface area contributed by atoms with Gasteiger partial charge in [-0.15, -0.1) is 23.5 Å². The molecule has 4 aromatic rings. The van der Waals surface area contributed by atoms with Gasteiger partial charge in [-0.25, -0.2) is 0 Å². The van der Waals surface area contributed by atoms with Crippen molar-refractivity contribution in [2.75, 3.05) is 11.5 Å². The van der Waals surface area contributed by atoms with E-state index in [2.05, 4.69) is 98.0 Å². The fourth-order valence-electron chi connectivity index (χ4n) is 5.21. The molecule has 0 aliphatic heterocycles. The zero-order chi connectivity index (χ0) is 25.0.